The SMILES string of the molecule is NC(=O)C1C(=O)[C@@]2(O)C(=O)C3=C(O)c4c(O)c(CNC(=O)CCl)cc(-c5ccccc5)c4C[C@H]3C[C@H]2CC1O. The van der Waals surface area contributed by atoms with E-state index in [-0.39, 0.29) is 54.1 Å². The fourth-order valence-electron chi connectivity index (χ4n) is 6.30. The third kappa shape index (κ3) is 4.10. The number of carbonyl (C=O) groups is 4. The zero-order valence-corrected chi connectivity index (χ0v) is 21.4. The van der Waals surface area contributed by atoms with Crippen molar-refractivity contribution >= 4 is 40.7 Å². The molecule has 0 saturated heterocycles. The molecule has 2 aromatic rings. The summed E-state index contributed by atoms with van der Waals surface area (Å²) in [6.45, 7) is -0.118. The third-order valence-electron chi connectivity index (χ3n) is 8.15. The number of carbonyl (C=O) groups excluding carboxylic acids is 4. The summed E-state index contributed by atoms with van der Waals surface area (Å²) in [5, 5.41) is 47.1. The van der Waals surface area contributed by atoms with E-state index in [9.17, 15) is 39.6 Å². The molecule has 2 saturated carbocycles. The van der Waals surface area contributed by atoms with Crippen molar-refractivity contribution in [1.82, 2.24) is 5.32 Å². The summed E-state index contributed by atoms with van der Waals surface area (Å²) in [5.41, 5.74) is 4.59. The van der Waals surface area contributed by atoms with Crippen molar-refractivity contribution in [2.45, 2.75) is 37.5 Å². The molecule has 7 N–H and O–H groups in total. The van der Waals surface area contributed by atoms with Crippen molar-refractivity contribution in [3.05, 3.63) is 58.7 Å². The normalized spacial score (nSPS) is 27.9. The molecule has 0 aromatic heterocycles. The minimum atomic E-state index is -2.65. The minimum Gasteiger partial charge on any atom is -0.507 e. The van der Waals surface area contributed by atoms with Crippen molar-refractivity contribution in [3.8, 4) is 16.9 Å². The van der Waals surface area contributed by atoms with Gasteiger partial charge in [0.05, 0.1) is 11.7 Å². The van der Waals surface area contributed by atoms with Crippen LogP contribution in [0.4, 0.5) is 0 Å². The summed E-state index contributed by atoms with van der Waals surface area (Å²) in [6.07, 6.45) is -1.40. The molecular formula is C28H27ClN2O8. The van der Waals surface area contributed by atoms with Crippen LogP contribution < -0.4 is 11.1 Å². The first kappa shape index (κ1) is 26.9. The number of primary amides is 1. The first-order valence-electron chi connectivity index (χ1n) is 12.5. The Kier molecular flexibility index (Phi) is 6.74. The number of aliphatic hydroxyl groups excluding tert-OH is 2. The summed E-state index contributed by atoms with van der Waals surface area (Å²) in [5.74, 6) is -8.55. The maximum absolute atomic E-state index is 13.8. The molecule has 2 amide bonds. The van der Waals surface area contributed by atoms with E-state index in [4.69, 9.17) is 17.3 Å². The summed E-state index contributed by atoms with van der Waals surface area (Å²) in [6, 6.07) is 10.9. The molecular weight excluding hydrogens is 528 g/mol. The van der Waals surface area contributed by atoms with E-state index in [2.05, 4.69) is 5.32 Å². The van der Waals surface area contributed by atoms with Crippen molar-refractivity contribution in [3.63, 3.8) is 0 Å². The molecule has 0 radical (unpaired) electrons. The van der Waals surface area contributed by atoms with E-state index in [1.807, 2.05) is 30.3 Å². The molecule has 2 aromatic carbocycles. The van der Waals surface area contributed by atoms with Gasteiger partial charge in [-0.2, -0.15) is 0 Å². The Morgan fingerprint density at radius 1 is 1.13 bits per heavy atom. The van der Waals surface area contributed by atoms with Gasteiger partial charge < -0.3 is 31.5 Å². The second-order valence-electron chi connectivity index (χ2n) is 10.3. The lowest BCUT2D eigenvalue weighted by atomic mass is 9.56. The van der Waals surface area contributed by atoms with E-state index in [0.717, 1.165) is 5.56 Å². The first-order chi connectivity index (χ1) is 18.5. The van der Waals surface area contributed by atoms with Gasteiger partial charge in [0.15, 0.2) is 11.4 Å². The van der Waals surface area contributed by atoms with E-state index in [1.165, 1.54) is 0 Å². The molecule has 0 spiro atoms. The second kappa shape index (κ2) is 9.78. The average molecular weight is 555 g/mol. The fraction of sp³-hybridized carbons (Fsp3) is 0.357. The largest absolute Gasteiger partial charge is 0.507 e. The van der Waals surface area contributed by atoms with E-state index >= 15 is 0 Å². The van der Waals surface area contributed by atoms with E-state index < -0.39 is 58.6 Å². The predicted molar refractivity (Wildman–Crippen MR) is 139 cm³/mol. The van der Waals surface area contributed by atoms with Crippen LogP contribution in [0.5, 0.6) is 5.75 Å². The number of alkyl halides is 1. The van der Waals surface area contributed by atoms with Gasteiger partial charge in [-0.25, -0.2) is 0 Å². The number of nitrogens with two attached hydrogens (primary N) is 1. The minimum absolute atomic E-state index is 0.0390. The van der Waals surface area contributed by atoms with Crippen LogP contribution in [0, 0.1) is 17.8 Å². The van der Waals surface area contributed by atoms with Crippen LogP contribution in [0.15, 0.2) is 42.0 Å². The Balaban J connectivity index is 1.68. The Morgan fingerprint density at radius 3 is 2.46 bits per heavy atom. The number of hydrogen-bond acceptors (Lipinski definition) is 8. The summed E-state index contributed by atoms with van der Waals surface area (Å²) >= 11 is 5.58. The summed E-state index contributed by atoms with van der Waals surface area (Å²) < 4.78 is 0. The monoisotopic (exact) mass is 554 g/mol. The zero-order valence-electron chi connectivity index (χ0n) is 20.7. The Bertz CT molecular complexity index is 1440. The van der Waals surface area contributed by atoms with Gasteiger partial charge in [0, 0.05) is 23.6 Å². The lowest BCUT2D eigenvalue weighted by Gasteiger charge is -2.48. The molecule has 2 fully saturated rings. The van der Waals surface area contributed by atoms with Gasteiger partial charge in [-0.3, -0.25) is 19.2 Å². The van der Waals surface area contributed by atoms with Crippen LogP contribution in [0.2, 0.25) is 0 Å². The first-order valence-corrected chi connectivity index (χ1v) is 13.0. The highest BCUT2D eigenvalue weighted by Crippen LogP contribution is 2.53. The maximum Gasteiger partial charge on any atom is 0.235 e. The fourth-order valence-corrected chi connectivity index (χ4v) is 6.39. The Morgan fingerprint density at radius 2 is 1.82 bits per heavy atom. The van der Waals surface area contributed by atoms with Crippen LogP contribution >= 0.6 is 11.6 Å². The van der Waals surface area contributed by atoms with Gasteiger partial charge in [0.1, 0.15) is 23.3 Å². The number of aliphatic hydroxyl groups is 3. The number of amides is 2. The maximum atomic E-state index is 13.8. The summed E-state index contributed by atoms with van der Waals surface area (Å²) in [4.78, 5) is 50.6. The molecule has 0 aliphatic heterocycles. The number of ketones is 2. The number of phenols is 1. The Labute approximate surface area is 228 Å². The van der Waals surface area contributed by atoms with Crippen LogP contribution in [0.25, 0.3) is 16.9 Å². The van der Waals surface area contributed by atoms with Gasteiger partial charge >= 0.3 is 0 Å². The highest BCUT2D eigenvalue weighted by molar-refractivity contribution is 6.27. The molecule has 2 unspecified atom stereocenters. The second-order valence-corrected chi connectivity index (χ2v) is 10.6. The van der Waals surface area contributed by atoms with Crippen LogP contribution in [0.3, 0.4) is 0 Å². The molecule has 5 rings (SSSR count). The molecule has 5 atom stereocenters. The lowest BCUT2D eigenvalue weighted by Crippen LogP contribution is -2.66. The van der Waals surface area contributed by atoms with E-state index in [1.54, 1.807) is 6.07 Å². The quantitative estimate of drug-likeness (QED) is 0.234. The highest BCUT2D eigenvalue weighted by Gasteiger charge is 2.64. The molecule has 10 nitrogen and oxygen atoms in total. The highest BCUT2D eigenvalue weighted by atomic mass is 35.5. The molecule has 3 aliphatic rings. The number of rotatable bonds is 5. The van der Waals surface area contributed by atoms with Crippen LogP contribution in [0.1, 0.15) is 29.5 Å². The van der Waals surface area contributed by atoms with Crippen LogP contribution in [-0.2, 0) is 32.1 Å². The van der Waals surface area contributed by atoms with Gasteiger partial charge in [0.2, 0.25) is 17.6 Å². The zero-order chi connectivity index (χ0) is 28.2. The summed E-state index contributed by atoms with van der Waals surface area (Å²) in [7, 11) is 0. The predicted octanol–water partition coefficient (Wildman–Crippen LogP) is 1.11. The molecule has 0 heterocycles. The lowest BCUT2D eigenvalue weighted by molar-refractivity contribution is -0.174. The Hall–Kier alpha value is -3.73. The average Bonchev–Trinajstić information content (AvgIpc) is 2.90. The molecule has 39 heavy (non-hydrogen) atoms. The number of halogens is 1. The van der Waals surface area contributed by atoms with Gasteiger partial charge in [-0.15, -0.1) is 11.6 Å². The van der Waals surface area contributed by atoms with Crippen LogP contribution in [-0.4, -0.2) is 61.4 Å². The number of aromatic hydroxyl groups is 1. The number of nitrogens with one attached hydrogen (secondary N) is 1. The molecule has 0 bridgehead atoms. The number of phenolic OH excluding ortho intramolecular Hbond substituents is 1. The number of benzene rings is 2. The molecule has 204 valence electrons. The van der Waals surface area contributed by atoms with Crippen molar-refractivity contribution in [1.29, 1.82) is 0 Å². The van der Waals surface area contributed by atoms with Gasteiger partial charge in [-0.1, -0.05) is 30.3 Å². The number of hydrogen-bond donors (Lipinski definition) is 6. The van der Waals surface area contributed by atoms with Gasteiger partial charge in [-0.05, 0) is 47.9 Å². The topological polar surface area (TPSA) is 187 Å². The third-order valence-corrected chi connectivity index (χ3v) is 8.39. The smallest absolute Gasteiger partial charge is 0.235 e. The van der Waals surface area contributed by atoms with Crippen molar-refractivity contribution < 1.29 is 39.6 Å². The molecule has 3 aliphatic carbocycles. The van der Waals surface area contributed by atoms with Gasteiger partial charge in [0.25, 0.3) is 0 Å². The number of Topliss-reactive ketones (excluding diaryl/α,β-unsaturated/α-hetero) is 2. The molecule has 11 heteroatoms. The van der Waals surface area contributed by atoms with Crippen molar-refractivity contribution in [2.24, 2.45) is 23.5 Å². The number of fused-ring (bicyclic) bond motifs is 3. The van der Waals surface area contributed by atoms with E-state index in [0.29, 0.717) is 11.1 Å². The standard InChI is InChI=1S/C28H27ClN2O8/c29-10-19(33)31-11-14-8-16(12-4-2-1-3-5-12)17-7-13-6-15-9-18(32)22(27(30)38)26(37)28(15,39)25(36)20(13)24(35)21(17)23(14)34/h1-5,8,13,15,18,22,32,34-35,39H,6-7,9-11H2,(H2,30,38)(H,31,33)/t13-,15+,18?,22?,28+/m1/s1. The van der Waals surface area contributed by atoms with Crippen molar-refractivity contribution in [2.75, 3.05) is 5.88 Å².